The molecule has 0 aromatic carbocycles. The highest BCUT2D eigenvalue weighted by molar-refractivity contribution is 4.79. The van der Waals surface area contributed by atoms with Crippen molar-refractivity contribution in [3.63, 3.8) is 0 Å². The maximum Gasteiger partial charge on any atom is 0.162 e. The Kier molecular flexibility index (Phi) is 9.18. The Balaban J connectivity index is 1.51. The third kappa shape index (κ3) is 8.85. The molecule has 0 aromatic heterocycles. The third-order valence-corrected chi connectivity index (χ3v) is 5.43. The average Bonchev–Trinajstić information content (AvgIpc) is 3.46. The molecule has 0 amide bonds. The van der Waals surface area contributed by atoms with Crippen LogP contribution >= 0.6 is 0 Å². The van der Waals surface area contributed by atoms with E-state index in [9.17, 15) is 0 Å². The van der Waals surface area contributed by atoms with Crippen molar-refractivity contribution in [2.24, 2.45) is 11.8 Å². The maximum absolute atomic E-state index is 5.98. The van der Waals surface area contributed by atoms with Crippen LogP contribution in [0.25, 0.3) is 0 Å². The first-order valence-electron chi connectivity index (χ1n) is 10.6. The van der Waals surface area contributed by atoms with Crippen LogP contribution < -0.4 is 0 Å². The zero-order valence-corrected chi connectivity index (χ0v) is 16.9. The van der Waals surface area contributed by atoms with E-state index in [1.54, 1.807) is 0 Å². The molecule has 4 unspecified atom stereocenters. The smallest absolute Gasteiger partial charge is 0.162 e. The molecule has 148 valence electrons. The van der Waals surface area contributed by atoms with Gasteiger partial charge in [0.1, 0.15) is 0 Å². The second-order valence-corrected chi connectivity index (χ2v) is 8.22. The summed E-state index contributed by atoms with van der Waals surface area (Å²) in [6.07, 6.45) is 10.7. The fourth-order valence-electron chi connectivity index (χ4n) is 3.80. The minimum absolute atomic E-state index is 0.479. The first-order chi connectivity index (χ1) is 12.1. The van der Waals surface area contributed by atoms with Crippen LogP contribution in [0.4, 0.5) is 0 Å². The van der Waals surface area contributed by atoms with E-state index >= 15 is 0 Å². The number of hydrogen-bond donors (Lipinski definition) is 0. The van der Waals surface area contributed by atoms with Crippen LogP contribution in [-0.4, -0.2) is 44.4 Å². The molecule has 25 heavy (non-hydrogen) atoms. The van der Waals surface area contributed by atoms with Crippen LogP contribution in [0.1, 0.15) is 79.1 Å². The molecule has 2 rings (SSSR count). The molecule has 0 radical (unpaired) electrons. The van der Waals surface area contributed by atoms with Gasteiger partial charge in [0, 0.05) is 0 Å². The van der Waals surface area contributed by atoms with Crippen LogP contribution in [0.15, 0.2) is 0 Å². The van der Waals surface area contributed by atoms with E-state index < -0.39 is 5.79 Å². The van der Waals surface area contributed by atoms with Crippen molar-refractivity contribution in [1.29, 1.82) is 0 Å². The molecule has 2 saturated heterocycles. The van der Waals surface area contributed by atoms with Crippen molar-refractivity contribution < 1.29 is 18.9 Å². The van der Waals surface area contributed by atoms with Gasteiger partial charge in [-0.15, -0.1) is 0 Å². The van der Waals surface area contributed by atoms with E-state index in [0.717, 1.165) is 51.1 Å². The largest absolute Gasteiger partial charge is 0.373 e. The molecule has 0 spiro atoms. The highest BCUT2D eigenvalue weighted by Gasteiger charge is 2.32. The Morgan fingerprint density at radius 3 is 1.52 bits per heavy atom. The zero-order valence-electron chi connectivity index (χ0n) is 16.9. The lowest BCUT2D eigenvalue weighted by Crippen LogP contribution is -2.29. The molecule has 0 saturated carbocycles. The van der Waals surface area contributed by atoms with Gasteiger partial charge in [-0.2, -0.15) is 0 Å². The van der Waals surface area contributed by atoms with Crippen molar-refractivity contribution in [1.82, 2.24) is 0 Å². The van der Waals surface area contributed by atoms with Crippen LogP contribution in [-0.2, 0) is 18.9 Å². The van der Waals surface area contributed by atoms with Crippen LogP contribution in [0.3, 0.4) is 0 Å². The Labute approximate surface area is 154 Å². The molecule has 2 aliphatic heterocycles. The third-order valence-electron chi connectivity index (χ3n) is 5.43. The summed E-state index contributed by atoms with van der Waals surface area (Å²) in [7, 11) is 0. The number of rotatable bonds is 16. The fraction of sp³-hybridized carbons (Fsp3) is 1.00. The van der Waals surface area contributed by atoms with Crippen molar-refractivity contribution in [2.75, 3.05) is 26.4 Å². The Morgan fingerprint density at radius 1 is 0.800 bits per heavy atom. The summed E-state index contributed by atoms with van der Waals surface area (Å²) >= 11 is 0. The highest BCUT2D eigenvalue weighted by Crippen LogP contribution is 2.29. The second kappa shape index (κ2) is 10.9. The second-order valence-electron chi connectivity index (χ2n) is 8.22. The Morgan fingerprint density at radius 2 is 1.20 bits per heavy atom. The summed E-state index contributed by atoms with van der Waals surface area (Å²) in [5.74, 6) is 0.961. The van der Waals surface area contributed by atoms with E-state index in [0.29, 0.717) is 12.2 Å². The predicted octanol–water partition coefficient (Wildman–Crippen LogP) is 4.95. The van der Waals surface area contributed by atoms with E-state index in [2.05, 4.69) is 13.8 Å². The zero-order chi connectivity index (χ0) is 18.1. The standard InChI is InChI=1S/C21H40O4/c1-5-9-17(19-15-22-19)11-7-13-24-21(3,4)25-14-8-12-18(10-6-2)20-16-23-20/h17-20H,5-16H2,1-4H3. The minimum atomic E-state index is -0.479. The lowest BCUT2D eigenvalue weighted by molar-refractivity contribution is -0.214. The fourth-order valence-corrected chi connectivity index (χ4v) is 3.80. The monoisotopic (exact) mass is 356 g/mol. The molecule has 2 heterocycles. The van der Waals surface area contributed by atoms with Gasteiger partial charge < -0.3 is 18.9 Å². The first kappa shape index (κ1) is 21.1. The molecular formula is C21H40O4. The summed E-state index contributed by atoms with van der Waals surface area (Å²) < 4.78 is 22.9. The molecule has 0 N–H and O–H groups in total. The minimum Gasteiger partial charge on any atom is -0.373 e. The molecular weight excluding hydrogens is 316 g/mol. The lowest BCUT2D eigenvalue weighted by atomic mass is 9.95. The summed E-state index contributed by atoms with van der Waals surface area (Å²) in [6, 6.07) is 0. The molecule has 0 aliphatic carbocycles. The lowest BCUT2D eigenvalue weighted by Gasteiger charge is -2.26. The van der Waals surface area contributed by atoms with Crippen molar-refractivity contribution in [3.05, 3.63) is 0 Å². The molecule has 2 aliphatic rings. The summed E-state index contributed by atoms with van der Waals surface area (Å²) in [5, 5.41) is 0. The van der Waals surface area contributed by atoms with E-state index in [4.69, 9.17) is 18.9 Å². The van der Waals surface area contributed by atoms with E-state index in [1.165, 1.54) is 38.5 Å². The first-order valence-corrected chi connectivity index (χ1v) is 10.6. The number of hydrogen-bond acceptors (Lipinski definition) is 4. The molecule has 4 nitrogen and oxygen atoms in total. The maximum atomic E-state index is 5.98. The van der Waals surface area contributed by atoms with Gasteiger partial charge in [0.05, 0.1) is 38.6 Å². The average molecular weight is 357 g/mol. The normalized spacial score (nSPS) is 25.0. The van der Waals surface area contributed by atoms with E-state index in [1.807, 2.05) is 13.8 Å². The number of ether oxygens (including phenoxy) is 4. The Bertz CT molecular complexity index is 318. The summed E-state index contributed by atoms with van der Waals surface area (Å²) in [5.41, 5.74) is 0. The van der Waals surface area contributed by atoms with Gasteiger partial charge in [-0.3, -0.25) is 0 Å². The SMILES string of the molecule is CCCC(CCCOC(C)(C)OCCCC(CCC)C1CO1)C1CO1. The van der Waals surface area contributed by atoms with Crippen molar-refractivity contribution >= 4 is 0 Å². The number of epoxide rings is 2. The quantitative estimate of drug-likeness (QED) is 0.223. The van der Waals surface area contributed by atoms with Crippen LogP contribution in [0, 0.1) is 11.8 Å². The van der Waals surface area contributed by atoms with E-state index in [-0.39, 0.29) is 0 Å². The molecule has 0 aromatic rings. The molecule has 2 fully saturated rings. The van der Waals surface area contributed by atoms with Crippen LogP contribution in [0.2, 0.25) is 0 Å². The van der Waals surface area contributed by atoms with Gasteiger partial charge in [-0.05, 0) is 64.2 Å². The Hall–Kier alpha value is -0.160. The molecule has 4 heteroatoms. The predicted molar refractivity (Wildman–Crippen MR) is 101 cm³/mol. The summed E-state index contributed by atoms with van der Waals surface area (Å²) in [4.78, 5) is 0. The summed E-state index contributed by atoms with van der Waals surface area (Å²) in [6.45, 7) is 12.0. The van der Waals surface area contributed by atoms with Gasteiger partial charge in [0.2, 0.25) is 0 Å². The van der Waals surface area contributed by atoms with Gasteiger partial charge >= 0.3 is 0 Å². The van der Waals surface area contributed by atoms with Crippen LogP contribution in [0.5, 0.6) is 0 Å². The highest BCUT2D eigenvalue weighted by atomic mass is 16.7. The topological polar surface area (TPSA) is 43.5 Å². The van der Waals surface area contributed by atoms with Gasteiger partial charge in [-0.25, -0.2) is 0 Å². The molecule has 4 atom stereocenters. The van der Waals surface area contributed by atoms with Gasteiger partial charge in [0.25, 0.3) is 0 Å². The van der Waals surface area contributed by atoms with Crippen molar-refractivity contribution in [2.45, 2.75) is 97.1 Å². The van der Waals surface area contributed by atoms with Gasteiger partial charge in [-0.1, -0.05) is 26.7 Å². The van der Waals surface area contributed by atoms with Crippen molar-refractivity contribution in [3.8, 4) is 0 Å². The molecule has 0 bridgehead atoms. The van der Waals surface area contributed by atoms with Gasteiger partial charge in [0.15, 0.2) is 5.79 Å².